The molecule has 1 amide bonds. The van der Waals surface area contributed by atoms with E-state index in [1.54, 1.807) is 0 Å². The Hall–Kier alpha value is -0.610. The van der Waals surface area contributed by atoms with E-state index in [-0.39, 0.29) is 5.91 Å². The highest BCUT2D eigenvalue weighted by Crippen LogP contribution is 2.26. The van der Waals surface area contributed by atoms with Crippen LogP contribution in [-0.4, -0.2) is 29.2 Å². The molecule has 4 heteroatoms. The zero-order valence-electron chi connectivity index (χ0n) is 10.2. The van der Waals surface area contributed by atoms with Gasteiger partial charge in [-0.3, -0.25) is 4.79 Å². The molecule has 1 rings (SSSR count). The first-order chi connectivity index (χ1) is 7.57. The number of hydrogen-bond donors (Lipinski definition) is 3. The largest absolute Gasteiger partial charge is 0.388 e. The van der Waals surface area contributed by atoms with Crippen LogP contribution in [0.1, 0.15) is 51.9 Å². The predicted molar refractivity (Wildman–Crippen MR) is 63.9 cm³/mol. The summed E-state index contributed by atoms with van der Waals surface area (Å²) in [7, 11) is 0. The summed E-state index contributed by atoms with van der Waals surface area (Å²) in [5, 5.41) is 13.1. The SMILES string of the molecule is CCC(N)C(=O)NCC1(O)CCCCCC1. The molecule has 1 aliphatic carbocycles. The first kappa shape index (κ1) is 13.5. The van der Waals surface area contributed by atoms with Gasteiger partial charge in [-0.1, -0.05) is 32.6 Å². The second kappa shape index (κ2) is 6.21. The molecular weight excluding hydrogens is 204 g/mol. The lowest BCUT2D eigenvalue weighted by Gasteiger charge is -2.27. The number of carbonyl (C=O) groups is 1. The van der Waals surface area contributed by atoms with E-state index in [0.29, 0.717) is 13.0 Å². The molecule has 1 saturated carbocycles. The van der Waals surface area contributed by atoms with Gasteiger partial charge in [0.15, 0.2) is 0 Å². The molecule has 0 saturated heterocycles. The van der Waals surface area contributed by atoms with Crippen LogP contribution in [0.25, 0.3) is 0 Å². The monoisotopic (exact) mass is 228 g/mol. The van der Waals surface area contributed by atoms with E-state index in [2.05, 4.69) is 5.32 Å². The van der Waals surface area contributed by atoms with Gasteiger partial charge in [0.1, 0.15) is 0 Å². The molecule has 1 unspecified atom stereocenters. The standard InChI is InChI=1S/C12H24N2O2/c1-2-10(13)11(15)14-9-12(16)7-5-3-4-6-8-12/h10,16H,2-9,13H2,1H3,(H,14,15). The van der Waals surface area contributed by atoms with E-state index in [4.69, 9.17) is 5.73 Å². The Labute approximate surface area is 97.6 Å². The number of nitrogens with two attached hydrogens (primary N) is 1. The Kier molecular flexibility index (Phi) is 5.22. The fourth-order valence-corrected chi connectivity index (χ4v) is 2.13. The number of nitrogens with one attached hydrogen (secondary N) is 1. The summed E-state index contributed by atoms with van der Waals surface area (Å²) < 4.78 is 0. The van der Waals surface area contributed by atoms with Crippen LogP contribution in [-0.2, 0) is 4.79 Å². The van der Waals surface area contributed by atoms with Crippen molar-refractivity contribution in [2.24, 2.45) is 5.73 Å². The van der Waals surface area contributed by atoms with E-state index in [1.165, 1.54) is 12.8 Å². The van der Waals surface area contributed by atoms with Crippen molar-refractivity contribution in [1.82, 2.24) is 5.32 Å². The van der Waals surface area contributed by atoms with Crippen LogP contribution in [0.3, 0.4) is 0 Å². The fourth-order valence-electron chi connectivity index (χ4n) is 2.13. The molecule has 0 bridgehead atoms. The molecule has 0 aromatic heterocycles. The van der Waals surface area contributed by atoms with Gasteiger partial charge in [0, 0.05) is 6.54 Å². The first-order valence-electron chi connectivity index (χ1n) is 6.33. The molecule has 0 radical (unpaired) electrons. The third-order valence-corrected chi connectivity index (χ3v) is 3.40. The van der Waals surface area contributed by atoms with Crippen molar-refractivity contribution >= 4 is 5.91 Å². The van der Waals surface area contributed by atoms with Crippen molar-refractivity contribution in [3.8, 4) is 0 Å². The van der Waals surface area contributed by atoms with Gasteiger partial charge < -0.3 is 16.2 Å². The number of rotatable bonds is 4. The van der Waals surface area contributed by atoms with Gasteiger partial charge in [0.25, 0.3) is 0 Å². The molecular formula is C12H24N2O2. The van der Waals surface area contributed by atoms with Crippen molar-refractivity contribution in [2.75, 3.05) is 6.54 Å². The molecule has 0 aliphatic heterocycles. The summed E-state index contributed by atoms with van der Waals surface area (Å²) in [6, 6.07) is -0.450. The van der Waals surface area contributed by atoms with Crippen molar-refractivity contribution < 1.29 is 9.90 Å². The van der Waals surface area contributed by atoms with Gasteiger partial charge in [-0.15, -0.1) is 0 Å². The Morgan fingerprint density at radius 1 is 1.38 bits per heavy atom. The van der Waals surface area contributed by atoms with Crippen LogP contribution in [0.2, 0.25) is 0 Å². The van der Waals surface area contributed by atoms with Crippen LogP contribution < -0.4 is 11.1 Å². The zero-order chi connectivity index (χ0) is 12.0. The number of amides is 1. The highest BCUT2D eigenvalue weighted by molar-refractivity contribution is 5.81. The summed E-state index contributed by atoms with van der Waals surface area (Å²) in [6.07, 6.45) is 6.67. The Balaban J connectivity index is 2.37. The molecule has 16 heavy (non-hydrogen) atoms. The van der Waals surface area contributed by atoms with Gasteiger partial charge in [-0.2, -0.15) is 0 Å². The molecule has 0 aromatic carbocycles. The van der Waals surface area contributed by atoms with Crippen LogP contribution in [0, 0.1) is 0 Å². The number of aliphatic hydroxyl groups is 1. The zero-order valence-corrected chi connectivity index (χ0v) is 10.2. The molecule has 0 aromatic rings. The average Bonchev–Trinajstić information content (AvgIpc) is 2.50. The van der Waals surface area contributed by atoms with Gasteiger partial charge in [-0.05, 0) is 19.3 Å². The van der Waals surface area contributed by atoms with Crippen molar-refractivity contribution in [3.05, 3.63) is 0 Å². The van der Waals surface area contributed by atoms with Gasteiger partial charge >= 0.3 is 0 Å². The van der Waals surface area contributed by atoms with Gasteiger partial charge in [0.2, 0.25) is 5.91 Å². The smallest absolute Gasteiger partial charge is 0.237 e. The number of carbonyl (C=O) groups excluding carboxylic acids is 1. The summed E-state index contributed by atoms with van der Waals surface area (Å²) in [4.78, 5) is 11.5. The van der Waals surface area contributed by atoms with E-state index in [9.17, 15) is 9.90 Å². The van der Waals surface area contributed by atoms with E-state index in [0.717, 1.165) is 25.7 Å². The van der Waals surface area contributed by atoms with Crippen LogP contribution in [0.4, 0.5) is 0 Å². The molecule has 0 heterocycles. The second-order valence-corrected chi connectivity index (χ2v) is 4.87. The third kappa shape index (κ3) is 4.10. The summed E-state index contributed by atoms with van der Waals surface area (Å²) in [5.41, 5.74) is 4.90. The van der Waals surface area contributed by atoms with Crippen molar-refractivity contribution in [3.63, 3.8) is 0 Å². The fraction of sp³-hybridized carbons (Fsp3) is 0.917. The third-order valence-electron chi connectivity index (χ3n) is 3.40. The minimum absolute atomic E-state index is 0.153. The van der Waals surface area contributed by atoms with Crippen molar-refractivity contribution in [2.45, 2.75) is 63.5 Å². The summed E-state index contributed by atoms with van der Waals surface area (Å²) in [6.45, 7) is 2.23. The molecule has 4 N–H and O–H groups in total. The molecule has 4 nitrogen and oxygen atoms in total. The Bertz CT molecular complexity index is 223. The van der Waals surface area contributed by atoms with Crippen LogP contribution in [0.15, 0.2) is 0 Å². The lowest BCUT2D eigenvalue weighted by atomic mass is 9.94. The summed E-state index contributed by atoms with van der Waals surface area (Å²) in [5.74, 6) is -0.153. The highest BCUT2D eigenvalue weighted by Gasteiger charge is 2.28. The molecule has 1 aliphatic rings. The maximum Gasteiger partial charge on any atom is 0.237 e. The average molecular weight is 228 g/mol. The molecule has 0 spiro atoms. The second-order valence-electron chi connectivity index (χ2n) is 4.87. The van der Waals surface area contributed by atoms with Crippen molar-refractivity contribution in [1.29, 1.82) is 0 Å². The molecule has 94 valence electrons. The lowest BCUT2D eigenvalue weighted by molar-refractivity contribution is -0.123. The highest BCUT2D eigenvalue weighted by atomic mass is 16.3. The van der Waals surface area contributed by atoms with E-state index < -0.39 is 11.6 Å². The van der Waals surface area contributed by atoms with Crippen LogP contribution >= 0.6 is 0 Å². The van der Waals surface area contributed by atoms with Crippen LogP contribution in [0.5, 0.6) is 0 Å². The minimum atomic E-state index is -0.709. The maximum atomic E-state index is 11.5. The van der Waals surface area contributed by atoms with Gasteiger partial charge in [0.05, 0.1) is 11.6 Å². The number of hydrogen-bond acceptors (Lipinski definition) is 3. The van der Waals surface area contributed by atoms with Gasteiger partial charge in [-0.25, -0.2) is 0 Å². The maximum absolute atomic E-state index is 11.5. The molecule has 1 fully saturated rings. The van der Waals surface area contributed by atoms with E-state index in [1.807, 2.05) is 6.92 Å². The van der Waals surface area contributed by atoms with E-state index >= 15 is 0 Å². The normalized spacial score (nSPS) is 22.2. The topological polar surface area (TPSA) is 75.4 Å². The first-order valence-corrected chi connectivity index (χ1v) is 6.33. The Morgan fingerprint density at radius 2 is 1.94 bits per heavy atom. The Morgan fingerprint density at radius 3 is 2.44 bits per heavy atom. The quantitative estimate of drug-likeness (QED) is 0.626. The summed E-state index contributed by atoms with van der Waals surface area (Å²) >= 11 is 0. The lowest BCUT2D eigenvalue weighted by Crippen LogP contribution is -2.47. The minimum Gasteiger partial charge on any atom is -0.388 e. The molecule has 1 atom stereocenters. The predicted octanol–water partition coefficient (Wildman–Crippen LogP) is 0.925.